The van der Waals surface area contributed by atoms with Gasteiger partial charge in [0.1, 0.15) is 13.2 Å². The molecule has 0 N–H and O–H groups in total. The summed E-state index contributed by atoms with van der Waals surface area (Å²) in [6, 6.07) is 0. The number of hydrogen-bond donors (Lipinski definition) is 0. The maximum atomic E-state index is 12.7. The van der Waals surface area contributed by atoms with E-state index in [4.69, 9.17) is 14.2 Å². The highest BCUT2D eigenvalue weighted by Gasteiger charge is 2.19. The highest BCUT2D eigenvalue weighted by atomic mass is 16.6. The quantitative estimate of drug-likeness (QED) is 0.0201. The van der Waals surface area contributed by atoms with Crippen LogP contribution in [0.25, 0.3) is 0 Å². The zero-order chi connectivity index (χ0) is 45.8. The SMILES string of the molecule is CC\C=C/C=C\C=C/C=C\C=C\C=C/CCCCCC(=O)OCC(COC(=O)CCCC/C=C\C/C=C\C/C=C\CC)OC(=O)CC/C=C\C/C=C\C/C=C\C/C=C\C/C=C\CC. The molecule has 6 nitrogen and oxygen atoms in total. The molecule has 0 aromatic carbocycles. The smallest absolute Gasteiger partial charge is 0.306 e. The van der Waals surface area contributed by atoms with Crippen molar-refractivity contribution >= 4 is 17.9 Å². The van der Waals surface area contributed by atoms with Crippen molar-refractivity contribution in [3.63, 3.8) is 0 Å². The molecule has 346 valence electrons. The first-order valence-electron chi connectivity index (χ1n) is 23.7. The number of hydrogen-bond acceptors (Lipinski definition) is 6. The lowest BCUT2D eigenvalue weighted by Gasteiger charge is -2.18. The van der Waals surface area contributed by atoms with Crippen molar-refractivity contribution < 1.29 is 28.6 Å². The fourth-order valence-corrected chi connectivity index (χ4v) is 5.42. The molecule has 0 aliphatic rings. The molecule has 0 aliphatic heterocycles. The molecule has 0 saturated heterocycles. The standard InChI is InChI=1S/C57H82O6/c1-4-7-10-13-16-19-22-25-27-29-31-32-35-38-41-44-47-50-56(59)62-53-54(52-61-55(58)49-46-43-40-37-34-24-21-18-15-12-9-6-3)63-57(60)51-48-45-42-39-36-33-30-28-26-23-20-17-14-11-8-5-2/h7-13,16-22,25-29,31-37,42,45,54H,4-6,14-15,23-24,30,38-41,43-44,46-53H2,1-3H3/b10-7-,11-8-,12-9-,16-13-,20-17-,21-18-,22-19-,27-25-,28-26-,31-29+,35-32-,36-33-,37-34-,45-42-. The summed E-state index contributed by atoms with van der Waals surface area (Å²) in [7, 11) is 0. The van der Waals surface area contributed by atoms with Crippen LogP contribution in [0.15, 0.2) is 170 Å². The van der Waals surface area contributed by atoms with Gasteiger partial charge in [0.15, 0.2) is 6.10 Å². The molecule has 0 aromatic heterocycles. The number of esters is 3. The van der Waals surface area contributed by atoms with Crippen molar-refractivity contribution in [1.82, 2.24) is 0 Å². The number of ether oxygens (including phenoxy) is 3. The summed E-state index contributed by atoms with van der Waals surface area (Å²) < 4.78 is 16.6. The van der Waals surface area contributed by atoms with Crippen molar-refractivity contribution in [3.05, 3.63) is 170 Å². The molecule has 0 heterocycles. The van der Waals surface area contributed by atoms with E-state index in [1.807, 2.05) is 72.9 Å². The lowest BCUT2D eigenvalue weighted by atomic mass is 10.1. The van der Waals surface area contributed by atoms with Gasteiger partial charge in [-0.05, 0) is 103 Å². The first-order chi connectivity index (χ1) is 31.0. The minimum atomic E-state index is -0.860. The van der Waals surface area contributed by atoms with Crippen LogP contribution >= 0.6 is 0 Å². The summed E-state index contributed by atoms with van der Waals surface area (Å²) in [5.74, 6) is -1.14. The van der Waals surface area contributed by atoms with Gasteiger partial charge in [0, 0.05) is 19.3 Å². The van der Waals surface area contributed by atoms with E-state index in [2.05, 4.69) is 118 Å². The zero-order valence-electron chi connectivity index (χ0n) is 39.2. The van der Waals surface area contributed by atoms with Gasteiger partial charge < -0.3 is 14.2 Å². The van der Waals surface area contributed by atoms with E-state index in [1.54, 1.807) is 0 Å². The van der Waals surface area contributed by atoms with Crippen molar-refractivity contribution in [1.29, 1.82) is 0 Å². The molecule has 0 radical (unpaired) electrons. The Morgan fingerprint density at radius 1 is 0.333 bits per heavy atom. The van der Waals surface area contributed by atoms with Crippen molar-refractivity contribution in [2.45, 2.75) is 155 Å². The van der Waals surface area contributed by atoms with Gasteiger partial charge in [-0.15, -0.1) is 0 Å². The molecule has 1 atom stereocenters. The molecule has 0 rings (SSSR count). The number of unbranched alkanes of at least 4 members (excludes halogenated alkanes) is 5. The van der Waals surface area contributed by atoms with E-state index in [0.717, 1.165) is 89.9 Å². The summed E-state index contributed by atoms with van der Waals surface area (Å²) in [5.41, 5.74) is 0. The topological polar surface area (TPSA) is 78.9 Å². The van der Waals surface area contributed by atoms with Crippen molar-refractivity contribution in [2.75, 3.05) is 13.2 Å². The van der Waals surface area contributed by atoms with Crippen LogP contribution in [0.1, 0.15) is 149 Å². The minimum absolute atomic E-state index is 0.152. The Bertz CT molecular complexity index is 1550. The molecule has 0 aliphatic carbocycles. The largest absolute Gasteiger partial charge is 0.462 e. The lowest BCUT2D eigenvalue weighted by Crippen LogP contribution is -2.30. The Morgan fingerprint density at radius 2 is 0.683 bits per heavy atom. The predicted molar refractivity (Wildman–Crippen MR) is 269 cm³/mol. The van der Waals surface area contributed by atoms with Crippen LogP contribution in [0, 0.1) is 0 Å². The third-order valence-corrected chi connectivity index (χ3v) is 8.87. The second-order valence-corrected chi connectivity index (χ2v) is 14.7. The monoisotopic (exact) mass is 863 g/mol. The third-order valence-electron chi connectivity index (χ3n) is 8.87. The van der Waals surface area contributed by atoms with Crippen LogP contribution in [0.4, 0.5) is 0 Å². The van der Waals surface area contributed by atoms with E-state index >= 15 is 0 Å². The number of carbonyl (C=O) groups is 3. The number of allylic oxidation sites excluding steroid dienone is 28. The van der Waals surface area contributed by atoms with Gasteiger partial charge in [0.05, 0.1) is 0 Å². The molecule has 0 bridgehead atoms. The molecule has 0 aromatic rings. The van der Waals surface area contributed by atoms with Gasteiger partial charge in [-0.1, -0.05) is 197 Å². The van der Waals surface area contributed by atoms with E-state index in [1.165, 1.54) is 0 Å². The zero-order valence-corrected chi connectivity index (χ0v) is 39.2. The average molecular weight is 863 g/mol. The number of carbonyl (C=O) groups excluding carboxylic acids is 3. The first-order valence-corrected chi connectivity index (χ1v) is 23.7. The van der Waals surface area contributed by atoms with Crippen molar-refractivity contribution in [2.24, 2.45) is 0 Å². The Labute approximate surface area is 383 Å². The summed E-state index contributed by atoms with van der Waals surface area (Å²) in [6.45, 7) is 6.07. The van der Waals surface area contributed by atoms with Crippen molar-refractivity contribution in [3.8, 4) is 0 Å². The van der Waals surface area contributed by atoms with Gasteiger partial charge in [-0.3, -0.25) is 14.4 Å². The van der Waals surface area contributed by atoms with Crippen LogP contribution in [0.3, 0.4) is 0 Å². The highest BCUT2D eigenvalue weighted by Crippen LogP contribution is 2.09. The summed E-state index contributed by atoms with van der Waals surface area (Å²) >= 11 is 0. The molecular formula is C57H82O6. The van der Waals surface area contributed by atoms with Gasteiger partial charge in [0.2, 0.25) is 0 Å². The van der Waals surface area contributed by atoms with Gasteiger partial charge >= 0.3 is 17.9 Å². The summed E-state index contributed by atoms with van der Waals surface area (Å²) in [6.07, 6.45) is 73.5. The van der Waals surface area contributed by atoms with E-state index < -0.39 is 12.1 Å². The number of rotatable bonds is 39. The van der Waals surface area contributed by atoms with Crippen LogP contribution in [-0.2, 0) is 28.6 Å². The summed E-state index contributed by atoms with van der Waals surface area (Å²) in [5, 5.41) is 0. The molecule has 6 heteroatoms. The Kier molecular flexibility index (Phi) is 45.3. The normalized spacial score (nSPS) is 13.6. The Morgan fingerprint density at radius 3 is 1.14 bits per heavy atom. The third kappa shape index (κ3) is 47.7. The highest BCUT2D eigenvalue weighted by molar-refractivity contribution is 5.71. The average Bonchev–Trinajstić information content (AvgIpc) is 3.28. The first kappa shape index (κ1) is 57.8. The van der Waals surface area contributed by atoms with Gasteiger partial charge in [-0.25, -0.2) is 0 Å². The lowest BCUT2D eigenvalue weighted by molar-refractivity contribution is -0.166. The Balaban J connectivity index is 4.69. The predicted octanol–water partition coefficient (Wildman–Crippen LogP) is 15.6. The van der Waals surface area contributed by atoms with Crippen LogP contribution in [-0.4, -0.2) is 37.2 Å². The van der Waals surface area contributed by atoms with Gasteiger partial charge in [0.25, 0.3) is 0 Å². The molecule has 1 unspecified atom stereocenters. The van der Waals surface area contributed by atoms with E-state index in [0.29, 0.717) is 19.3 Å². The fraction of sp³-hybridized carbons (Fsp3) is 0.456. The molecule has 0 saturated carbocycles. The molecule has 63 heavy (non-hydrogen) atoms. The van der Waals surface area contributed by atoms with E-state index in [9.17, 15) is 14.4 Å². The second kappa shape index (κ2) is 49.4. The molecular weight excluding hydrogens is 781 g/mol. The van der Waals surface area contributed by atoms with E-state index in [-0.39, 0.29) is 44.4 Å². The minimum Gasteiger partial charge on any atom is -0.462 e. The van der Waals surface area contributed by atoms with Crippen LogP contribution in [0.5, 0.6) is 0 Å². The maximum Gasteiger partial charge on any atom is 0.306 e. The Hall–Kier alpha value is -5.23. The maximum absolute atomic E-state index is 12.7. The molecule has 0 amide bonds. The van der Waals surface area contributed by atoms with Crippen LogP contribution in [0.2, 0.25) is 0 Å². The van der Waals surface area contributed by atoms with Crippen LogP contribution < -0.4 is 0 Å². The second-order valence-electron chi connectivity index (χ2n) is 14.7. The molecule has 0 spiro atoms. The van der Waals surface area contributed by atoms with Gasteiger partial charge in [-0.2, -0.15) is 0 Å². The summed E-state index contributed by atoms with van der Waals surface area (Å²) in [4.78, 5) is 37.8. The fourth-order valence-electron chi connectivity index (χ4n) is 5.42. The molecule has 0 fully saturated rings.